The van der Waals surface area contributed by atoms with Gasteiger partial charge in [0.2, 0.25) is 0 Å². The number of fused-ring (bicyclic) bond motifs is 1. The third-order valence-corrected chi connectivity index (χ3v) is 8.70. The predicted molar refractivity (Wildman–Crippen MR) is 174 cm³/mol. The Morgan fingerprint density at radius 1 is 0.857 bits per heavy atom. The zero-order valence-corrected chi connectivity index (χ0v) is 26.3. The lowest BCUT2D eigenvalue weighted by atomic mass is 9.76. The molecular formula is C37H46N2O3. The Morgan fingerprint density at radius 3 is 2.36 bits per heavy atom. The van der Waals surface area contributed by atoms with Crippen LogP contribution in [0.3, 0.4) is 0 Å². The zero-order valence-electron chi connectivity index (χ0n) is 26.3. The van der Waals surface area contributed by atoms with Gasteiger partial charge in [-0.3, -0.25) is 4.79 Å². The smallest absolute Gasteiger partial charge is 0.252 e. The zero-order chi connectivity index (χ0) is 30.3. The van der Waals surface area contributed by atoms with Crippen LogP contribution in [-0.2, 0) is 10.8 Å². The van der Waals surface area contributed by atoms with Gasteiger partial charge in [0.05, 0.1) is 30.5 Å². The molecule has 3 aromatic carbocycles. The summed E-state index contributed by atoms with van der Waals surface area (Å²) in [5.74, 6) is 1.62. The van der Waals surface area contributed by atoms with Crippen LogP contribution in [0.25, 0.3) is 22.2 Å². The summed E-state index contributed by atoms with van der Waals surface area (Å²) in [6.07, 6.45) is 3.79. The molecule has 0 unspecified atom stereocenters. The molecule has 0 aliphatic heterocycles. The van der Waals surface area contributed by atoms with Crippen molar-refractivity contribution in [3.63, 3.8) is 0 Å². The van der Waals surface area contributed by atoms with Crippen molar-refractivity contribution in [2.45, 2.75) is 78.1 Å². The lowest BCUT2D eigenvalue weighted by molar-refractivity contribution is 0.0954. The average molecular weight is 567 g/mol. The Bertz CT molecular complexity index is 1520. The minimum Gasteiger partial charge on any atom is -0.497 e. The van der Waals surface area contributed by atoms with Crippen molar-refractivity contribution in [3.8, 4) is 22.8 Å². The van der Waals surface area contributed by atoms with E-state index in [4.69, 9.17) is 14.5 Å². The average Bonchev–Trinajstić information content (AvgIpc) is 3.01. The minimum atomic E-state index is -0.0974. The fraction of sp³-hybridized carbons (Fsp3) is 0.405. The lowest BCUT2D eigenvalue weighted by Gasteiger charge is -2.30. The molecule has 0 atom stereocenters. The highest BCUT2D eigenvalue weighted by molar-refractivity contribution is 6.07. The second kappa shape index (κ2) is 13.4. The molecule has 222 valence electrons. The molecule has 0 radical (unpaired) electrons. The Labute approximate surface area is 251 Å². The number of carbonyl (C=O) groups is 1. The molecule has 4 rings (SSSR count). The molecule has 0 spiro atoms. The summed E-state index contributed by atoms with van der Waals surface area (Å²) in [6.45, 7) is 14.8. The summed E-state index contributed by atoms with van der Waals surface area (Å²) in [7, 11) is 1.64. The summed E-state index contributed by atoms with van der Waals surface area (Å²) >= 11 is 0. The molecule has 0 saturated heterocycles. The quantitative estimate of drug-likeness (QED) is 0.164. The fourth-order valence-corrected chi connectivity index (χ4v) is 5.00. The first-order chi connectivity index (χ1) is 20.1. The van der Waals surface area contributed by atoms with E-state index in [0.29, 0.717) is 18.7 Å². The van der Waals surface area contributed by atoms with Crippen molar-refractivity contribution in [1.82, 2.24) is 10.3 Å². The van der Waals surface area contributed by atoms with Crippen molar-refractivity contribution < 1.29 is 14.3 Å². The van der Waals surface area contributed by atoms with E-state index in [1.54, 1.807) is 7.11 Å². The second-order valence-electron chi connectivity index (χ2n) is 12.3. The number of carbonyl (C=O) groups excluding carboxylic acids is 1. The number of methoxy groups -OCH3 is 1. The normalized spacial score (nSPS) is 11.9. The highest BCUT2D eigenvalue weighted by atomic mass is 16.5. The molecule has 0 bridgehead atoms. The Hall–Kier alpha value is -3.86. The first-order valence-corrected chi connectivity index (χ1v) is 15.2. The maximum atomic E-state index is 13.4. The van der Waals surface area contributed by atoms with Gasteiger partial charge in [0.15, 0.2) is 0 Å². The molecule has 1 aromatic heterocycles. The standard InChI is InChI=1S/C37H46N2O3/c1-8-36(3,4)27-19-20-34(31(24-27)37(5,6)9-2)42-22-13-12-21-38-35(40)30-25-33(26-15-14-16-28(23-26)41-7)39-32-18-11-10-17-29(30)32/h10-11,14-20,23-25H,8-9,12-13,21-22H2,1-7H3,(H,38,40). The SMILES string of the molecule is CCC(C)(C)c1ccc(OCCCCNC(=O)c2cc(-c3cccc(OC)c3)nc3ccccc23)c(C(C)(C)CC)c1. The molecule has 4 aromatic rings. The van der Waals surface area contributed by atoms with Crippen LogP contribution in [0.15, 0.2) is 72.8 Å². The van der Waals surface area contributed by atoms with Gasteiger partial charge in [0, 0.05) is 23.1 Å². The van der Waals surface area contributed by atoms with Crippen LogP contribution in [0, 0.1) is 0 Å². The van der Waals surface area contributed by atoms with E-state index in [2.05, 4.69) is 65.1 Å². The van der Waals surface area contributed by atoms with Gasteiger partial charge in [-0.1, -0.05) is 84.0 Å². The number of aromatic nitrogens is 1. The molecule has 0 aliphatic rings. The molecule has 0 fully saturated rings. The molecule has 5 nitrogen and oxygen atoms in total. The number of amides is 1. The van der Waals surface area contributed by atoms with Crippen LogP contribution < -0.4 is 14.8 Å². The van der Waals surface area contributed by atoms with Gasteiger partial charge in [-0.15, -0.1) is 0 Å². The van der Waals surface area contributed by atoms with Gasteiger partial charge in [0.25, 0.3) is 5.91 Å². The molecule has 0 saturated carbocycles. The van der Waals surface area contributed by atoms with Gasteiger partial charge in [-0.25, -0.2) is 4.98 Å². The maximum Gasteiger partial charge on any atom is 0.252 e. The van der Waals surface area contributed by atoms with Crippen molar-refractivity contribution in [1.29, 1.82) is 0 Å². The van der Waals surface area contributed by atoms with Crippen LogP contribution in [0.4, 0.5) is 0 Å². The number of hydrogen-bond acceptors (Lipinski definition) is 4. The number of nitrogens with one attached hydrogen (secondary N) is 1. The van der Waals surface area contributed by atoms with Crippen molar-refractivity contribution in [2.24, 2.45) is 0 Å². The Balaban J connectivity index is 1.40. The minimum absolute atomic E-state index is 0.0280. The topological polar surface area (TPSA) is 60.5 Å². The van der Waals surface area contributed by atoms with Crippen LogP contribution in [-0.4, -0.2) is 31.2 Å². The Morgan fingerprint density at radius 2 is 1.62 bits per heavy atom. The van der Waals surface area contributed by atoms with Crippen LogP contribution in [0.2, 0.25) is 0 Å². The van der Waals surface area contributed by atoms with E-state index in [-0.39, 0.29) is 16.7 Å². The van der Waals surface area contributed by atoms with Gasteiger partial charge in [-0.05, 0) is 72.4 Å². The maximum absolute atomic E-state index is 13.4. The monoisotopic (exact) mass is 566 g/mol. The summed E-state index contributed by atoms with van der Waals surface area (Å²) < 4.78 is 11.7. The fourth-order valence-electron chi connectivity index (χ4n) is 5.00. The van der Waals surface area contributed by atoms with E-state index in [1.165, 1.54) is 11.1 Å². The largest absolute Gasteiger partial charge is 0.497 e. The second-order valence-corrected chi connectivity index (χ2v) is 12.3. The van der Waals surface area contributed by atoms with Gasteiger partial charge >= 0.3 is 0 Å². The van der Waals surface area contributed by atoms with Crippen LogP contribution in [0.1, 0.15) is 88.7 Å². The third-order valence-electron chi connectivity index (χ3n) is 8.70. The van der Waals surface area contributed by atoms with Crippen molar-refractivity contribution >= 4 is 16.8 Å². The number of ether oxygens (including phenoxy) is 2. The predicted octanol–water partition coefficient (Wildman–Crippen LogP) is 8.87. The number of hydrogen-bond donors (Lipinski definition) is 1. The summed E-state index contributed by atoms with van der Waals surface area (Å²) in [5.41, 5.74) is 5.84. The molecule has 1 N–H and O–H groups in total. The van der Waals surface area contributed by atoms with Gasteiger partial charge < -0.3 is 14.8 Å². The van der Waals surface area contributed by atoms with Crippen LogP contribution in [0.5, 0.6) is 11.5 Å². The number of unbranched alkanes of at least 4 members (excludes halogenated alkanes) is 1. The molecular weight excluding hydrogens is 520 g/mol. The summed E-state index contributed by atoms with van der Waals surface area (Å²) in [6, 6.07) is 24.1. The summed E-state index contributed by atoms with van der Waals surface area (Å²) in [5, 5.41) is 3.96. The number of benzene rings is 3. The van der Waals surface area contributed by atoms with E-state index in [0.717, 1.165) is 59.3 Å². The molecule has 0 aliphatic carbocycles. The van der Waals surface area contributed by atoms with Crippen LogP contribution >= 0.6 is 0 Å². The Kier molecular flexibility index (Phi) is 9.93. The van der Waals surface area contributed by atoms with E-state index < -0.39 is 0 Å². The van der Waals surface area contributed by atoms with E-state index in [1.807, 2.05) is 54.6 Å². The first-order valence-electron chi connectivity index (χ1n) is 15.2. The summed E-state index contributed by atoms with van der Waals surface area (Å²) in [4.78, 5) is 18.2. The highest BCUT2D eigenvalue weighted by Gasteiger charge is 2.26. The molecule has 1 heterocycles. The molecule has 42 heavy (non-hydrogen) atoms. The highest BCUT2D eigenvalue weighted by Crippen LogP contribution is 2.38. The van der Waals surface area contributed by atoms with E-state index >= 15 is 0 Å². The number of para-hydroxylation sites is 1. The van der Waals surface area contributed by atoms with E-state index in [9.17, 15) is 4.79 Å². The van der Waals surface area contributed by atoms with Gasteiger partial charge in [-0.2, -0.15) is 0 Å². The number of pyridine rings is 1. The third kappa shape index (κ3) is 7.13. The first kappa shape index (κ1) is 31.1. The molecule has 1 amide bonds. The van der Waals surface area contributed by atoms with Gasteiger partial charge in [0.1, 0.15) is 11.5 Å². The molecule has 5 heteroatoms. The lowest BCUT2D eigenvalue weighted by Crippen LogP contribution is -2.25. The number of nitrogens with zero attached hydrogens (tertiary/aromatic N) is 1. The van der Waals surface area contributed by atoms with Crippen molar-refractivity contribution in [3.05, 3.63) is 89.5 Å². The van der Waals surface area contributed by atoms with Crippen molar-refractivity contribution in [2.75, 3.05) is 20.3 Å². The number of rotatable bonds is 13.